The number of carbonyl (C=O) groups excluding carboxylic acids is 2. The lowest BCUT2D eigenvalue weighted by atomic mass is 9.71. The van der Waals surface area contributed by atoms with Gasteiger partial charge < -0.3 is 20.6 Å². The Morgan fingerprint density at radius 3 is 1.28 bits per heavy atom. The molecule has 2 heterocycles. The Hall–Kier alpha value is -4.06. The first-order valence-electron chi connectivity index (χ1n) is 9.12. The molecule has 6 nitrogen and oxygen atoms in total. The van der Waals surface area contributed by atoms with Crippen molar-refractivity contribution in [1.82, 2.24) is 9.13 Å². The molecule has 0 radical (unpaired) electrons. The summed E-state index contributed by atoms with van der Waals surface area (Å²) < 4.78 is 3.66. The minimum Gasteiger partial charge on any atom is -0.368 e. The number of rotatable bonds is 6. The van der Waals surface area contributed by atoms with Gasteiger partial charge >= 0.3 is 0 Å². The predicted molar refractivity (Wildman–Crippen MR) is 111 cm³/mol. The molecule has 6 heteroatoms. The average molecular weight is 384 g/mol. The van der Waals surface area contributed by atoms with Crippen molar-refractivity contribution in [3.8, 4) is 11.4 Å². The van der Waals surface area contributed by atoms with Crippen LogP contribution in [0.1, 0.15) is 11.1 Å². The first kappa shape index (κ1) is 18.3. The van der Waals surface area contributed by atoms with Crippen molar-refractivity contribution in [2.24, 2.45) is 11.5 Å². The summed E-state index contributed by atoms with van der Waals surface area (Å²) >= 11 is 0. The van der Waals surface area contributed by atoms with Gasteiger partial charge in [0.2, 0.25) is 11.8 Å². The topological polar surface area (TPSA) is 96.0 Å². The zero-order valence-corrected chi connectivity index (χ0v) is 15.6. The van der Waals surface area contributed by atoms with Crippen LogP contribution in [0.25, 0.3) is 11.4 Å². The number of aromatic nitrogens is 2. The average Bonchev–Trinajstić information content (AvgIpc) is 3.43. The molecule has 0 bridgehead atoms. The molecule has 0 aliphatic rings. The Kier molecular flexibility index (Phi) is 4.52. The zero-order valence-electron chi connectivity index (χ0n) is 15.6. The summed E-state index contributed by atoms with van der Waals surface area (Å²) in [5, 5.41) is 0. The van der Waals surface area contributed by atoms with Crippen molar-refractivity contribution < 1.29 is 9.59 Å². The molecule has 0 atom stereocenters. The minimum absolute atomic E-state index is 0.427. The molecule has 2 aromatic carbocycles. The molecule has 0 aliphatic carbocycles. The van der Waals surface area contributed by atoms with Gasteiger partial charge in [0.1, 0.15) is 0 Å². The van der Waals surface area contributed by atoms with Crippen molar-refractivity contribution >= 4 is 11.8 Å². The van der Waals surface area contributed by atoms with Crippen LogP contribution in [-0.2, 0) is 15.0 Å². The van der Waals surface area contributed by atoms with Gasteiger partial charge in [0.25, 0.3) is 0 Å². The zero-order chi connectivity index (χ0) is 20.4. The van der Waals surface area contributed by atoms with Crippen LogP contribution in [0.15, 0.2) is 97.6 Å². The smallest absolute Gasteiger partial charge is 0.242 e. The molecular weight excluding hydrogens is 364 g/mol. The lowest BCUT2D eigenvalue weighted by Crippen LogP contribution is -2.53. The number of primary amides is 2. The molecule has 0 aliphatic heterocycles. The summed E-state index contributed by atoms with van der Waals surface area (Å²) in [6.45, 7) is 0. The molecule has 4 aromatic rings. The molecule has 0 unspecified atom stereocenters. The lowest BCUT2D eigenvalue weighted by molar-refractivity contribution is -0.132. The van der Waals surface area contributed by atoms with E-state index in [4.69, 9.17) is 11.5 Å². The van der Waals surface area contributed by atoms with Crippen LogP contribution < -0.4 is 11.5 Å². The van der Waals surface area contributed by atoms with Crippen molar-refractivity contribution in [1.29, 1.82) is 0 Å². The highest BCUT2D eigenvalue weighted by Gasteiger charge is 2.49. The minimum atomic E-state index is -1.86. The van der Waals surface area contributed by atoms with E-state index in [2.05, 4.69) is 0 Å². The maximum atomic E-state index is 13.0. The first-order chi connectivity index (χ1) is 14.1. The van der Waals surface area contributed by atoms with Gasteiger partial charge in [0.05, 0.1) is 11.4 Å². The van der Waals surface area contributed by atoms with E-state index in [1.165, 1.54) is 0 Å². The maximum Gasteiger partial charge on any atom is 0.242 e. The summed E-state index contributed by atoms with van der Waals surface area (Å²) in [5.41, 5.74) is 12.1. The van der Waals surface area contributed by atoms with E-state index in [-0.39, 0.29) is 0 Å². The second-order valence-corrected chi connectivity index (χ2v) is 6.69. The summed E-state index contributed by atoms with van der Waals surface area (Å²) in [4.78, 5) is 26.0. The van der Waals surface area contributed by atoms with Gasteiger partial charge in [-0.1, -0.05) is 36.4 Å². The van der Waals surface area contributed by atoms with Crippen molar-refractivity contribution in [2.75, 3.05) is 0 Å². The molecular formula is C23H20N4O2. The van der Waals surface area contributed by atoms with E-state index in [9.17, 15) is 9.59 Å². The Bertz CT molecular complexity index is 1070. The molecule has 4 N–H and O–H groups in total. The van der Waals surface area contributed by atoms with Gasteiger partial charge in [0, 0.05) is 35.9 Å². The van der Waals surface area contributed by atoms with E-state index in [0.29, 0.717) is 22.5 Å². The normalized spacial score (nSPS) is 11.3. The van der Waals surface area contributed by atoms with Crippen molar-refractivity contribution in [3.05, 3.63) is 109 Å². The predicted octanol–water partition coefficient (Wildman–Crippen LogP) is 2.52. The van der Waals surface area contributed by atoms with Gasteiger partial charge in [-0.15, -0.1) is 0 Å². The van der Waals surface area contributed by atoms with Crippen LogP contribution in [0.5, 0.6) is 0 Å². The van der Waals surface area contributed by atoms with Crippen LogP contribution in [0.4, 0.5) is 0 Å². The number of amides is 2. The summed E-state index contributed by atoms with van der Waals surface area (Å²) in [6, 6.07) is 21.7. The third kappa shape index (κ3) is 2.82. The van der Waals surface area contributed by atoms with Crippen LogP contribution in [0, 0.1) is 0 Å². The molecule has 4 rings (SSSR count). The van der Waals surface area contributed by atoms with E-state index in [1.807, 2.05) is 82.5 Å². The number of hydrogen-bond acceptors (Lipinski definition) is 2. The Labute approximate surface area is 168 Å². The van der Waals surface area contributed by atoms with E-state index >= 15 is 0 Å². The third-order valence-electron chi connectivity index (χ3n) is 5.12. The second kappa shape index (κ2) is 7.16. The maximum absolute atomic E-state index is 13.0. The standard InChI is InChI=1S/C23H20N4O2/c24-21(28)23(22(25)29,17-9-1-3-11-19(17)26-13-5-6-14-26)18-10-2-4-12-20(18)27-15-7-8-16-27/h1-16H,(H2,24,28)(H2,25,29). The number of nitrogens with zero attached hydrogens (tertiary/aromatic N) is 2. The van der Waals surface area contributed by atoms with Gasteiger partial charge in [-0.05, 0) is 36.4 Å². The Morgan fingerprint density at radius 2 is 0.931 bits per heavy atom. The molecule has 29 heavy (non-hydrogen) atoms. The van der Waals surface area contributed by atoms with Crippen LogP contribution >= 0.6 is 0 Å². The number of hydrogen-bond donors (Lipinski definition) is 2. The van der Waals surface area contributed by atoms with Crippen LogP contribution in [0.2, 0.25) is 0 Å². The van der Waals surface area contributed by atoms with Gasteiger partial charge in [0.15, 0.2) is 5.41 Å². The van der Waals surface area contributed by atoms with Gasteiger partial charge in [-0.3, -0.25) is 9.59 Å². The first-order valence-corrected chi connectivity index (χ1v) is 9.12. The quantitative estimate of drug-likeness (QED) is 0.500. The summed E-state index contributed by atoms with van der Waals surface area (Å²) in [7, 11) is 0. The largest absolute Gasteiger partial charge is 0.368 e. The van der Waals surface area contributed by atoms with Gasteiger partial charge in [-0.25, -0.2) is 0 Å². The number of para-hydroxylation sites is 2. The summed E-state index contributed by atoms with van der Waals surface area (Å²) in [5.74, 6) is -1.66. The molecule has 0 saturated heterocycles. The van der Waals surface area contributed by atoms with Crippen LogP contribution in [-0.4, -0.2) is 20.9 Å². The Balaban J connectivity index is 2.10. The van der Waals surface area contributed by atoms with Crippen molar-refractivity contribution in [2.45, 2.75) is 5.41 Å². The number of nitrogens with two attached hydrogens (primary N) is 2. The second-order valence-electron chi connectivity index (χ2n) is 6.69. The fourth-order valence-corrected chi connectivity index (χ4v) is 3.82. The highest BCUT2D eigenvalue weighted by Crippen LogP contribution is 2.39. The molecule has 0 saturated carbocycles. The third-order valence-corrected chi connectivity index (χ3v) is 5.12. The fourth-order valence-electron chi connectivity index (χ4n) is 3.82. The van der Waals surface area contributed by atoms with E-state index in [1.54, 1.807) is 24.3 Å². The lowest BCUT2D eigenvalue weighted by Gasteiger charge is -2.32. The van der Waals surface area contributed by atoms with Crippen LogP contribution in [0.3, 0.4) is 0 Å². The SMILES string of the molecule is NC(=O)C(C(N)=O)(c1ccccc1-n1cccc1)c1ccccc1-n1cccc1. The molecule has 0 fully saturated rings. The number of carbonyl (C=O) groups is 2. The Morgan fingerprint density at radius 1 is 0.586 bits per heavy atom. The molecule has 144 valence electrons. The van der Waals surface area contributed by atoms with Gasteiger partial charge in [-0.2, -0.15) is 0 Å². The summed E-state index contributed by atoms with van der Waals surface area (Å²) in [6.07, 6.45) is 7.35. The molecule has 0 spiro atoms. The molecule has 2 aromatic heterocycles. The van der Waals surface area contributed by atoms with Crippen molar-refractivity contribution in [3.63, 3.8) is 0 Å². The highest BCUT2D eigenvalue weighted by molar-refractivity contribution is 6.14. The highest BCUT2D eigenvalue weighted by atomic mass is 16.2. The number of benzene rings is 2. The molecule has 2 amide bonds. The van der Waals surface area contributed by atoms with E-state index in [0.717, 1.165) is 0 Å². The van der Waals surface area contributed by atoms with E-state index < -0.39 is 17.2 Å². The monoisotopic (exact) mass is 384 g/mol. The fraction of sp³-hybridized carbons (Fsp3) is 0.0435.